The molecule has 0 bridgehead atoms. The lowest BCUT2D eigenvalue weighted by Crippen LogP contribution is -1.92. The Morgan fingerprint density at radius 3 is 3.08 bits per heavy atom. The average Bonchev–Trinajstić information content (AvgIpc) is 2.49. The van der Waals surface area contributed by atoms with Crippen LogP contribution in [0.4, 0.5) is 4.39 Å². The molecule has 2 heteroatoms. The van der Waals surface area contributed by atoms with Crippen LogP contribution in [0, 0.1) is 11.9 Å². The maximum absolute atomic E-state index is 13.2. The number of benzene rings is 1. The number of halogens is 1. The molecule has 1 nitrogen and oxygen atoms in total. The lowest BCUT2D eigenvalue weighted by molar-refractivity contribution is 0.624. The second-order valence-electron chi connectivity index (χ2n) is 2.70. The quantitative estimate of drug-likeness (QED) is 0.607. The molecule has 2 rings (SSSR count). The highest BCUT2D eigenvalue weighted by Gasteiger charge is 2.03. The summed E-state index contributed by atoms with van der Waals surface area (Å²) in [4.78, 5) is 0. The van der Waals surface area contributed by atoms with Crippen LogP contribution < -0.4 is 0 Å². The molecule has 0 aliphatic heterocycles. The van der Waals surface area contributed by atoms with E-state index in [2.05, 4.69) is 6.07 Å². The normalized spacial score (nSPS) is 10.8. The Balaban J connectivity index is 2.83. The highest BCUT2D eigenvalue weighted by Crippen LogP contribution is 2.18. The Labute approximate surface area is 70.4 Å². The topological polar surface area (TPSA) is 4.93 Å². The molecule has 0 aliphatic carbocycles. The summed E-state index contributed by atoms with van der Waals surface area (Å²) < 4.78 is 15.1. The second kappa shape index (κ2) is 2.63. The molecule has 0 amide bonds. The first kappa shape index (κ1) is 7.35. The van der Waals surface area contributed by atoms with Gasteiger partial charge in [-0.1, -0.05) is 12.1 Å². The molecule has 61 valence electrons. The zero-order valence-corrected chi connectivity index (χ0v) is 6.84. The molecule has 1 heterocycles. The van der Waals surface area contributed by atoms with Crippen molar-refractivity contribution in [3.63, 3.8) is 0 Å². The molecule has 0 atom stereocenters. The first-order valence-corrected chi connectivity index (χ1v) is 3.98. The van der Waals surface area contributed by atoms with Crippen LogP contribution in [-0.4, -0.2) is 4.57 Å². The van der Waals surface area contributed by atoms with E-state index in [0.29, 0.717) is 5.52 Å². The van der Waals surface area contributed by atoms with Gasteiger partial charge in [0.25, 0.3) is 0 Å². The SMILES string of the molecule is CCn1ccc2cc[c]c(F)c21. The van der Waals surface area contributed by atoms with Crippen LogP contribution in [-0.2, 0) is 6.54 Å². The van der Waals surface area contributed by atoms with Crippen molar-refractivity contribution in [3.05, 3.63) is 36.3 Å². The third kappa shape index (κ3) is 0.916. The summed E-state index contributed by atoms with van der Waals surface area (Å²) in [6.07, 6.45) is 1.89. The Morgan fingerprint density at radius 2 is 2.33 bits per heavy atom. The zero-order chi connectivity index (χ0) is 8.55. The second-order valence-corrected chi connectivity index (χ2v) is 2.70. The van der Waals surface area contributed by atoms with E-state index in [1.54, 1.807) is 6.07 Å². The van der Waals surface area contributed by atoms with Gasteiger partial charge in [0.05, 0.1) is 5.52 Å². The van der Waals surface area contributed by atoms with Crippen molar-refractivity contribution >= 4 is 10.9 Å². The van der Waals surface area contributed by atoms with Crippen LogP contribution >= 0.6 is 0 Å². The molecule has 1 radical (unpaired) electrons. The molecule has 12 heavy (non-hydrogen) atoms. The number of aromatic nitrogens is 1. The first-order valence-electron chi connectivity index (χ1n) is 3.98. The van der Waals surface area contributed by atoms with Gasteiger partial charge in [-0.25, -0.2) is 4.39 Å². The monoisotopic (exact) mass is 162 g/mol. The number of rotatable bonds is 1. The first-order chi connectivity index (χ1) is 5.83. The molecule has 0 fully saturated rings. The van der Waals surface area contributed by atoms with E-state index in [0.717, 1.165) is 11.9 Å². The highest BCUT2D eigenvalue weighted by molar-refractivity contribution is 5.80. The molecule has 2 aromatic rings. The summed E-state index contributed by atoms with van der Waals surface area (Å²) in [5, 5.41) is 0.938. The fourth-order valence-corrected chi connectivity index (χ4v) is 1.41. The van der Waals surface area contributed by atoms with Crippen molar-refractivity contribution in [2.45, 2.75) is 13.5 Å². The Hall–Kier alpha value is -1.31. The molecule has 1 aromatic heterocycles. The van der Waals surface area contributed by atoms with Gasteiger partial charge < -0.3 is 4.57 Å². The van der Waals surface area contributed by atoms with Gasteiger partial charge >= 0.3 is 0 Å². The third-order valence-electron chi connectivity index (χ3n) is 2.02. The van der Waals surface area contributed by atoms with Gasteiger partial charge in [-0.3, -0.25) is 0 Å². The van der Waals surface area contributed by atoms with Gasteiger partial charge in [0.15, 0.2) is 5.82 Å². The standard InChI is InChI=1S/C10H9FN/c1-2-12-7-6-8-4-3-5-9(11)10(8)12/h3-4,6-7H,2H2,1H3. The van der Waals surface area contributed by atoms with Crippen molar-refractivity contribution in [1.29, 1.82) is 0 Å². The Bertz CT molecular complexity index is 403. The molecule has 0 aliphatic rings. The summed E-state index contributed by atoms with van der Waals surface area (Å²) in [5.41, 5.74) is 0.653. The Morgan fingerprint density at radius 1 is 1.50 bits per heavy atom. The zero-order valence-electron chi connectivity index (χ0n) is 6.84. The van der Waals surface area contributed by atoms with Gasteiger partial charge in [0, 0.05) is 24.2 Å². The molecular formula is C10H9FN. The number of nitrogens with zero attached hydrogens (tertiary/aromatic N) is 1. The summed E-state index contributed by atoms with van der Waals surface area (Å²) in [7, 11) is 0. The van der Waals surface area contributed by atoms with E-state index in [4.69, 9.17) is 0 Å². The van der Waals surface area contributed by atoms with Crippen molar-refractivity contribution in [2.24, 2.45) is 0 Å². The minimum absolute atomic E-state index is 0.264. The van der Waals surface area contributed by atoms with E-state index < -0.39 is 0 Å². The predicted octanol–water partition coefficient (Wildman–Crippen LogP) is 2.60. The minimum atomic E-state index is -0.264. The van der Waals surface area contributed by atoms with Crippen molar-refractivity contribution in [1.82, 2.24) is 4.57 Å². The fourth-order valence-electron chi connectivity index (χ4n) is 1.41. The maximum Gasteiger partial charge on any atom is 0.155 e. The molecule has 0 saturated heterocycles. The number of hydrogen-bond acceptors (Lipinski definition) is 0. The van der Waals surface area contributed by atoms with E-state index >= 15 is 0 Å². The van der Waals surface area contributed by atoms with Crippen molar-refractivity contribution < 1.29 is 4.39 Å². The molecule has 1 aromatic carbocycles. The van der Waals surface area contributed by atoms with Crippen LogP contribution in [0.1, 0.15) is 6.92 Å². The molecule has 0 saturated carbocycles. The molecule has 0 unspecified atom stereocenters. The molecular weight excluding hydrogens is 153 g/mol. The van der Waals surface area contributed by atoms with Crippen LogP contribution in [0.25, 0.3) is 10.9 Å². The lowest BCUT2D eigenvalue weighted by atomic mass is 10.2. The van der Waals surface area contributed by atoms with Gasteiger partial charge in [0.1, 0.15) is 0 Å². The number of aryl methyl sites for hydroxylation is 1. The average molecular weight is 162 g/mol. The maximum atomic E-state index is 13.2. The molecule has 0 N–H and O–H groups in total. The van der Waals surface area contributed by atoms with Crippen molar-refractivity contribution in [2.75, 3.05) is 0 Å². The van der Waals surface area contributed by atoms with Gasteiger partial charge in [-0.15, -0.1) is 0 Å². The smallest absolute Gasteiger partial charge is 0.155 e. The van der Waals surface area contributed by atoms with Crippen LogP contribution in [0.2, 0.25) is 0 Å². The van der Waals surface area contributed by atoms with E-state index in [9.17, 15) is 4.39 Å². The summed E-state index contributed by atoms with van der Waals surface area (Å²) >= 11 is 0. The highest BCUT2D eigenvalue weighted by atomic mass is 19.1. The number of hydrogen-bond donors (Lipinski definition) is 0. The van der Waals surface area contributed by atoms with E-state index in [-0.39, 0.29) is 5.82 Å². The van der Waals surface area contributed by atoms with E-state index in [1.165, 1.54) is 0 Å². The van der Waals surface area contributed by atoms with Crippen molar-refractivity contribution in [3.8, 4) is 0 Å². The van der Waals surface area contributed by atoms with E-state index in [1.807, 2.05) is 29.8 Å². The largest absolute Gasteiger partial charge is 0.345 e. The van der Waals surface area contributed by atoms with Crippen LogP contribution in [0.5, 0.6) is 0 Å². The predicted molar refractivity (Wildman–Crippen MR) is 46.4 cm³/mol. The summed E-state index contributed by atoms with van der Waals surface area (Å²) in [5.74, 6) is -0.264. The summed E-state index contributed by atoms with van der Waals surface area (Å²) in [6, 6.07) is 7.93. The minimum Gasteiger partial charge on any atom is -0.345 e. The van der Waals surface area contributed by atoms with Gasteiger partial charge in [-0.05, 0) is 13.0 Å². The Kier molecular flexibility index (Phi) is 1.61. The van der Waals surface area contributed by atoms with Crippen LogP contribution in [0.15, 0.2) is 24.4 Å². The number of fused-ring (bicyclic) bond motifs is 1. The third-order valence-corrected chi connectivity index (χ3v) is 2.02. The van der Waals surface area contributed by atoms with Crippen LogP contribution in [0.3, 0.4) is 0 Å². The lowest BCUT2D eigenvalue weighted by Gasteiger charge is -2.00. The fraction of sp³-hybridized carbons (Fsp3) is 0.200. The molecule has 0 spiro atoms. The van der Waals surface area contributed by atoms with Gasteiger partial charge in [0.2, 0.25) is 0 Å². The van der Waals surface area contributed by atoms with Gasteiger partial charge in [-0.2, -0.15) is 0 Å². The summed E-state index contributed by atoms with van der Waals surface area (Å²) in [6.45, 7) is 2.78.